The molecule has 1 aliphatic heterocycles. The maximum Gasteiger partial charge on any atom is 0.583 e. The molecule has 0 radical (unpaired) electrons. The van der Waals surface area contributed by atoms with Crippen molar-refractivity contribution < 1.29 is 14.2 Å². The highest BCUT2D eigenvalue weighted by Crippen LogP contribution is 2.37. The lowest BCUT2D eigenvalue weighted by molar-refractivity contribution is 0.286. The van der Waals surface area contributed by atoms with Crippen molar-refractivity contribution >= 4 is 58.7 Å². The number of fused-ring (bicyclic) bond motifs is 2. The van der Waals surface area contributed by atoms with Crippen LogP contribution in [0.3, 0.4) is 0 Å². The van der Waals surface area contributed by atoms with Crippen molar-refractivity contribution in [3.05, 3.63) is 84.8 Å². The number of rotatable bonds is 5. The molecule has 3 heterocycles. The summed E-state index contributed by atoms with van der Waals surface area (Å²) in [6.07, 6.45) is 1.46. The molecular weight excluding hydrogens is 524 g/mol. The molecule has 2 aromatic heterocycles. The third-order valence-corrected chi connectivity index (χ3v) is 7.35. The number of nitrogens with zero attached hydrogens (tertiary/aromatic N) is 2. The van der Waals surface area contributed by atoms with E-state index in [1.54, 1.807) is 18.2 Å². The molecule has 0 aliphatic carbocycles. The summed E-state index contributed by atoms with van der Waals surface area (Å²) in [4.78, 5) is 17.8. The molecule has 38 heavy (non-hydrogen) atoms. The van der Waals surface area contributed by atoms with E-state index < -0.39 is 7.12 Å². The second kappa shape index (κ2) is 10.1. The average Bonchev–Trinajstić information content (AvgIpc) is 2.87. The van der Waals surface area contributed by atoms with Gasteiger partial charge in [0.2, 0.25) is 0 Å². The maximum absolute atomic E-state index is 13.2. The van der Waals surface area contributed by atoms with Gasteiger partial charge in [0.1, 0.15) is 16.5 Å². The lowest BCUT2D eigenvalue weighted by Crippen LogP contribution is -2.37. The van der Waals surface area contributed by atoms with E-state index in [1.807, 2.05) is 52.8 Å². The predicted octanol–water partition coefficient (Wildman–Crippen LogP) is 6.13. The van der Waals surface area contributed by atoms with Crippen molar-refractivity contribution in [2.75, 3.05) is 5.32 Å². The van der Waals surface area contributed by atoms with E-state index in [0.717, 1.165) is 11.1 Å². The molecule has 0 fully saturated rings. The van der Waals surface area contributed by atoms with E-state index in [1.165, 1.54) is 6.21 Å². The van der Waals surface area contributed by atoms with E-state index in [9.17, 15) is 9.82 Å². The lowest BCUT2D eigenvalue weighted by Gasteiger charge is -2.22. The van der Waals surface area contributed by atoms with Gasteiger partial charge in [-0.3, -0.25) is 4.79 Å². The third-order valence-electron chi connectivity index (χ3n) is 6.73. The summed E-state index contributed by atoms with van der Waals surface area (Å²) in [5.41, 5.74) is 5.87. The zero-order chi connectivity index (χ0) is 27.3. The number of pyridine rings is 1. The summed E-state index contributed by atoms with van der Waals surface area (Å²) in [5, 5.41) is 18.6. The normalized spacial score (nSPS) is 13.6. The van der Waals surface area contributed by atoms with Crippen LogP contribution < -0.4 is 16.2 Å². The van der Waals surface area contributed by atoms with E-state index >= 15 is 0 Å². The molecule has 4 aromatic rings. The average molecular weight is 550 g/mol. The summed E-state index contributed by atoms with van der Waals surface area (Å²) in [7, 11) is -1.20. The van der Waals surface area contributed by atoms with Gasteiger partial charge in [-0.15, -0.1) is 5.16 Å². The molecule has 7 nitrogen and oxygen atoms in total. The largest absolute Gasteiger partial charge is 0.583 e. The summed E-state index contributed by atoms with van der Waals surface area (Å²) in [5.74, 6) is 0.748. The van der Waals surface area contributed by atoms with Crippen molar-refractivity contribution in [3.63, 3.8) is 0 Å². The van der Waals surface area contributed by atoms with Gasteiger partial charge in [0.05, 0.1) is 34.0 Å². The summed E-state index contributed by atoms with van der Waals surface area (Å²) >= 11 is 13.1. The van der Waals surface area contributed by atoms with Crippen LogP contribution >= 0.6 is 23.2 Å². The molecule has 5 rings (SSSR count). The van der Waals surface area contributed by atoms with Crippen molar-refractivity contribution in [1.29, 1.82) is 0 Å². The van der Waals surface area contributed by atoms with E-state index in [0.29, 0.717) is 60.4 Å². The smallest absolute Gasteiger partial charge is 0.460 e. The van der Waals surface area contributed by atoms with Crippen LogP contribution in [-0.4, -0.2) is 23.3 Å². The summed E-state index contributed by atoms with van der Waals surface area (Å²) in [6, 6.07) is 10.6. The fourth-order valence-corrected chi connectivity index (χ4v) is 5.32. The van der Waals surface area contributed by atoms with Gasteiger partial charge in [-0.2, -0.15) is 0 Å². The fourth-order valence-electron chi connectivity index (χ4n) is 4.86. The zero-order valence-electron chi connectivity index (χ0n) is 21.6. The van der Waals surface area contributed by atoms with Crippen LogP contribution in [0.2, 0.25) is 10.2 Å². The van der Waals surface area contributed by atoms with Gasteiger partial charge in [-0.05, 0) is 44.5 Å². The minimum atomic E-state index is -1.20. The molecule has 194 valence electrons. The molecule has 10 heteroatoms. The van der Waals surface area contributed by atoms with E-state index in [-0.39, 0.29) is 17.4 Å². The standard InChI is InChI=1S/C28H26BCl2N3O4/c1-13(2)27-15(4)26(35)19-11-14(3)10-18(28(19)37-27)16(5)33-22-8-9-23(30)34-25(22)17-6-7-21-20(24(17)31)12-32-38-29(21)36/h6-13,16,33,36H,1-5H3/t16-/m1/s1. The van der Waals surface area contributed by atoms with Gasteiger partial charge in [-0.25, -0.2) is 4.98 Å². The Morgan fingerprint density at radius 3 is 2.58 bits per heavy atom. The van der Waals surface area contributed by atoms with Crippen LogP contribution in [0.15, 0.2) is 50.8 Å². The van der Waals surface area contributed by atoms with Gasteiger partial charge < -0.3 is 19.5 Å². The maximum atomic E-state index is 13.2. The van der Waals surface area contributed by atoms with Crippen molar-refractivity contribution in [1.82, 2.24) is 4.98 Å². The molecule has 0 amide bonds. The van der Waals surface area contributed by atoms with Gasteiger partial charge in [0, 0.05) is 33.6 Å². The minimum Gasteiger partial charge on any atom is -0.460 e. The SMILES string of the molecule is Cc1cc([C@@H](C)Nc2ccc(Cl)nc2-c2ccc3c(c2Cl)C=NOB3O)c2oc(C(C)C)c(C)c(=O)c2c1. The molecule has 2 N–H and O–H groups in total. The van der Waals surface area contributed by atoms with E-state index in [2.05, 4.69) is 15.5 Å². The van der Waals surface area contributed by atoms with Crippen LogP contribution in [0, 0.1) is 13.8 Å². The lowest BCUT2D eigenvalue weighted by atomic mass is 9.75. The molecule has 0 spiro atoms. The van der Waals surface area contributed by atoms with Gasteiger partial charge >= 0.3 is 7.12 Å². The zero-order valence-corrected chi connectivity index (χ0v) is 23.1. The number of aryl methyl sites for hydroxylation is 1. The quantitative estimate of drug-likeness (QED) is 0.230. The van der Waals surface area contributed by atoms with Gasteiger partial charge in [0.25, 0.3) is 0 Å². The number of anilines is 1. The molecule has 2 aromatic carbocycles. The van der Waals surface area contributed by atoms with Crippen molar-refractivity contribution in [3.8, 4) is 11.3 Å². The first-order valence-corrected chi connectivity index (χ1v) is 13.0. The molecule has 0 unspecified atom stereocenters. The molecule has 0 saturated heterocycles. The highest BCUT2D eigenvalue weighted by Gasteiger charge is 2.29. The number of nitrogens with one attached hydrogen (secondary N) is 1. The summed E-state index contributed by atoms with van der Waals surface area (Å²) < 4.78 is 11.3. The molecule has 0 saturated carbocycles. The number of aromatic nitrogens is 1. The van der Waals surface area contributed by atoms with Crippen LogP contribution in [0.25, 0.3) is 22.2 Å². The Hall–Kier alpha value is -3.33. The molecular formula is C28H26BCl2N3O4. The number of hydrogen-bond donors (Lipinski definition) is 2. The first-order valence-electron chi connectivity index (χ1n) is 12.3. The second-order valence-corrected chi connectivity index (χ2v) is 10.6. The Balaban J connectivity index is 1.62. The van der Waals surface area contributed by atoms with Crippen molar-refractivity contribution in [2.24, 2.45) is 5.16 Å². The monoisotopic (exact) mass is 549 g/mol. The third kappa shape index (κ3) is 4.57. The van der Waals surface area contributed by atoms with Crippen LogP contribution in [0.4, 0.5) is 5.69 Å². The minimum absolute atomic E-state index is 0.0189. The molecule has 1 aliphatic rings. The van der Waals surface area contributed by atoms with Crippen molar-refractivity contribution in [2.45, 2.75) is 46.6 Å². The van der Waals surface area contributed by atoms with Crippen LogP contribution in [0.1, 0.15) is 60.7 Å². The second-order valence-electron chi connectivity index (χ2n) is 9.82. The predicted molar refractivity (Wildman–Crippen MR) is 154 cm³/mol. The Bertz CT molecular complexity index is 1670. The summed E-state index contributed by atoms with van der Waals surface area (Å²) in [6.45, 7) is 9.79. The van der Waals surface area contributed by atoms with Gasteiger partial charge in [0.15, 0.2) is 5.43 Å². The highest BCUT2D eigenvalue weighted by atomic mass is 35.5. The highest BCUT2D eigenvalue weighted by molar-refractivity contribution is 6.63. The number of halogens is 2. The Labute approximate surface area is 230 Å². The Morgan fingerprint density at radius 1 is 1.08 bits per heavy atom. The number of hydrogen-bond acceptors (Lipinski definition) is 7. The first kappa shape index (κ1) is 26.3. The fraction of sp³-hybridized carbons (Fsp3) is 0.250. The van der Waals surface area contributed by atoms with Gasteiger partial charge in [-0.1, -0.05) is 55.2 Å². The number of benzene rings is 2. The Morgan fingerprint density at radius 2 is 1.84 bits per heavy atom. The molecule has 0 bridgehead atoms. The first-order chi connectivity index (χ1) is 18.1. The van der Waals surface area contributed by atoms with E-state index in [4.69, 9.17) is 32.4 Å². The Kier molecular flexibility index (Phi) is 6.98. The number of oxime groups is 1. The van der Waals surface area contributed by atoms with Crippen LogP contribution in [0.5, 0.6) is 0 Å². The topological polar surface area (TPSA) is 97.0 Å². The molecule has 1 atom stereocenters. The van der Waals surface area contributed by atoms with Crippen LogP contribution in [-0.2, 0) is 4.76 Å².